The molecule has 4 atom stereocenters. The molecule has 0 aromatic heterocycles. The largest absolute Gasteiger partial charge is 0.478 e. The lowest BCUT2D eigenvalue weighted by Crippen LogP contribution is -2.44. The van der Waals surface area contributed by atoms with Crippen LogP contribution >= 0.6 is 0 Å². The second kappa shape index (κ2) is 8.35. The Morgan fingerprint density at radius 3 is 2.67 bits per heavy atom. The van der Waals surface area contributed by atoms with Crippen LogP contribution in [-0.2, 0) is 23.9 Å². The predicted octanol–water partition coefficient (Wildman–Crippen LogP) is 2.07. The Labute approximate surface area is 157 Å². The predicted molar refractivity (Wildman–Crippen MR) is 96.5 cm³/mol. The van der Waals surface area contributed by atoms with Gasteiger partial charge in [0, 0.05) is 11.1 Å². The minimum atomic E-state index is -1.64. The maximum absolute atomic E-state index is 12.3. The number of ether oxygens (including phenoxy) is 2. The van der Waals surface area contributed by atoms with E-state index in [-0.39, 0.29) is 11.1 Å². The minimum absolute atomic E-state index is 0.0318. The molecule has 146 valence electrons. The third-order valence-electron chi connectivity index (χ3n) is 4.84. The van der Waals surface area contributed by atoms with E-state index in [0.717, 1.165) is 5.57 Å². The summed E-state index contributed by atoms with van der Waals surface area (Å²) in [6.45, 7) is 8.74. The summed E-state index contributed by atoms with van der Waals surface area (Å²) in [5, 5.41) is 20.3. The molecule has 0 unspecified atom stereocenters. The van der Waals surface area contributed by atoms with Crippen LogP contribution in [0.4, 0.5) is 0 Å². The molecule has 2 rings (SSSR count). The number of allylic oxidation sites excluding steroid dienone is 3. The number of rotatable bonds is 3. The molecule has 27 heavy (non-hydrogen) atoms. The van der Waals surface area contributed by atoms with Gasteiger partial charge < -0.3 is 19.7 Å². The fraction of sp³-hybridized carbons (Fsp3) is 0.450. The smallest absolute Gasteiger partial charge is 0.334 e. The Morgan fingerprint density at radius 1 is 1.41 bits per heavy atom. The molecule has 2 N–H and O–H groups in total. The molecule has 0 aromatic rings. The zero-order valence-electron chi connectivity index (χ0n) is 15.6. The van der Waals surface area contributed by atoms with Gasteiger partial charge in [-0.25, -0.2) is 14.4 Å². The van der Waals surface area contributed by atoms with Crippen LogP contribution in [0, 0.1) is 5.92 Å². The van der Waals surface area contributed by atoms with Crippen LogP contribution in [0.1, 0.15) is 33.6 Å². The van der Waals surface area contributed by atoms with E-state index in [1.54, 1.807) is 13.0 Å². The second-order valence-corrected chi connectivity index (χ2v) is 6.72. The number of fused-ring (bicyclic) bond motifs is 1. The Hall–Kier alpha value is -2.67. The number of carboxylic acids is 1. The molecule has 0 aromatic carbocycles. The number of aliphatic hydroxyl groups excluding tert-OH is 1. The van der Waals surface area contributed by atoms with Gasteiger partial charge in [0.2, 0.25) is 0 Å². The Kier molecular flexibility index (Phi) is 6.38. The molecule has 1 heterocycles. The van der Waals surface area contributed by atoms with Gasteiger partial charge in [-0.05, 0) is 39.7 Å². The highest BCUT2D eigenvalue weighted by Crippen LogP contribution is 2.36. The van der Waals surface area contributed by atoms with E-state index in [4.69, 9.17) is 9.47 Å². The molecular weight excluding hydrogens is 352 g/mol. The Bertz CT molecular complexity index is 756. The first kappa shape index (κ1) is 20.6. The molecule has 1 aliphatic heterocycles. The monoisotopic (exact) mass is 376 g/mol. The third-order valence-corrected chi connectivity index (χ3v) is 4.84. The van der Waals surface area contributed by atoms with Crippen molar-refractivity contribution in [3.8, 4) is 0 Å². The molecule has 0 saturated carbocycles. The lowest BCUT2D eigenvalue weighted by atomic mass is 9.83. The van der Waals surface area contributed by atoms with Gasteiger partial charge in [-0.2, -0.15) is 0 Å². The molecule has 0 amide bonds. The highest BCUT2D eigenvalue weighted by Gasteiger charge is 2.48. The van der Waals surface area contributed by atoms with Gasteiger partial charge in [0.05, 0.1) is 11.5 Å². The molecule has 0 spiro atoms. The molecule has 1 saturated heterocycles. The van der Waals surface area contributed by atoms with E-state index >= 15 is 0 Å². The van der Waals surface area contributed by atoms with Crippen LogP contribution in [-0.4, -0.2) is 46.4 Å². The number of hydrogen-bond acceptors (Lipinski definition) is 6. The summed E-state index contributed by atoms with van der Waals surface area (Å²) in [5.41, 5.74) is 0.926. The van der Waals surface area contributed by atoms with E-state index in [9.17, 15) is 24.6 Å². The van der Waals surface area contributed by atoms with Crippen LogP contribution in [0.15, 0.2) is 47.1 Å². The van der Waals surface area contributed by atoms with Crippen molar-refractivity contribution in [2.24, 2.45) is 5.92 Å². The maximum Gasteiger partial charge on any atom is 0.334 e. The Morgan fingerprint density at radius 2 is 2.07 bits per heavy atom. The van der Waals surface area contributed by atoms with Gasteiger partial charge in [-0.1, -0.05) is 24.3 Å². The van der Waals surface area contributed by atoms with Gasteiger partial charge in [0.1, 0.15) is 18.3 Å². The molecule has 7 heteroatoms. The summed E-state index contributed by atoms with van der Waals surface area (Å²) >= 11 is 0. The third kappa shape index (κ3) is 4.36. The van der Waals surface area contributed by atoms with Crippen molar-refractivity contribution < 1.29 is 34.1 Å². The summed E-state index contributed by atoms with van der Waals surface area (Å²) in [6, 6.07) is 0. The van der Waals surface area contributed by atoms with Crippen molar-refractivity contribution in [2.45, 2.75) is 51.9 Å². The lowest BCUT2D eigenvalue weighted by molar-refractivity contribution is -0.155. The van der Waals surface area contributed by atoms with Gasteiger partial charge in [-0.3, -0.25) is 0 Å². The quantitative estimate of drug-likeness (QED) is 0.441. The van der Waals surface area contributed by atoms with Crippen molar-refractivity contribution in [1.82, 2.24) is 0 Å². The number of carbonyl (C=O) groups is 3. The number of carboxylic acid groups (broad SMARTS) is 1. The summed E-state index contributed by atoms with van der Waals surface area (Å²) in [7, 11) is 0. The maximum atomic E-state index is 12.3. The first-order valence-corrected chi connectivity index (χ1v) is 8.69. The topological polar surface area (TPSA) is 110 Å². The van der Waals surface area contributed by atoms with Crippen LogP contribution in [0.25, 0.3) is 0 Å². The van der Waals surface area contributed by atoms with Crippen molar-refractivity contribution >= 4 is 17.9 Å². The van der Waals surface area contributed by atoms with Crippen molar-refractivity contribution in [2.75, 3.05) is 0 Å². The van der Waals surface area contributed by atoms with Crippen molar-refractivity contribution in [3.63, 3.8) is 0 Å². The van der Waals surface area contributed by atoms with E-state index in [2.05, 4.69) is 6.58 Å². The number of hydrogen-bond donors (Lipinski definition) is 2. The summed E-state index contributed by atoms with van der Waals surface area (Å²) in [5.74, 6) is -3.59. The molecule has 0 radical (unpaired) electrons. The van der Waals surface area contributed by atoms with Crippen LogP contribution in [0.5, 0.6) is 0 Å². The van der Waals surface area contributed by atoms with E-state index < -0.39 is 42.1 Å². The van der Waals surface area contributed by atoms with E-state index in [0.29, 0.717) is 18.4 Å². The van der Waals surface area contributed by atoms with Crippen LogP contribution in [0.3, 0.4) is 0 Å². The van der Waals surface area contributed by atoms with Crippen molar-refractivity contribution in [1.29, 1.82) is 0 Å². The van der Waals surface area contributed by atoms with Gasteiger partial charge >= 0.3 is 17.9 Å². The summed E-state index contributed by atoms with van der Waals surface area (Å²) in [4.78, 5) is 36.0. The summed E-state index contributed by atoms with van der Waals surface area (Å²) in [6.07, 6.45) is 1.83. The molecule has 7 nitrogen and oxygen atoms in total. The number of aliphatic hydroxyl groups is 1. The average molecular weight is 376 g/mol. The molecule has 1 aliphatic carbocycles. The molecule has 1 fully saturated rings. The molecule has 2 aliphatic rings. The van der Waals surface area contributed by atoms with Gasteiger partial charge in [0.25, 0.3) is 0 Å². The van der Waals surface area contributed by atoms with E-state index in [1.165, 1.54) is 19.1 Å². The highest BCUT2D eigenvalue weighted by atomic mass is 16.6. The van der Waals surface area contributed by atoms with Gasteiger partial charge in [-0.15, -0.1) is 0 Å². The number of esters is 2. The SMILES string of the molecule is C=C1C(=O)O[C@H]2/C=C(/C)CC/C=C(\C(=O)O)[C@H](O)[C@@H](OC(=O)/C(C)=C/C)[C@H]12. The molecule has 0 bridgehead atoms. The van der Waals surface area contributed by atoms with Crippen molar-refractivity contribution in [3.05, 3.63) is 47.1 Å². The average Bonchev–Trinajstić information content (AvgIpc) is 2.88. The van der Waals surface area contributed by atoms with Crippen LogP contribution < -0.4 is 0 Å². The fourth-order valence-electron chi connectivity index (χ4n) is 3.13. The second-order valence-electron chi connectivity index (χ2n) is 6.72. The van der Waals surface area contributed by atoms with Crippen LogP contribution in [0.2, 0.25) is 0 Å². The number of carbonyl (C=O) groups excluding carboxylic acids is 2. The first-order valence-electron chi connectivity index (χ1n) is 8.69. The van der Waals surface area contributed by atoms with Gasteiger partial charge in [0.15, 0.2) is 0 Å². The minimum Gasteiger partial charge on any atom is -0.478 e. The Balaban J connectivity index is 2.56. The van der Waals surface area contributed by atoms with E-state index in [1.807, 2.05) is 6.92 Å². The zero-order valence-corrected chi connectivity index (χ0v) is 15.6. The fourth-order valence-corrected chi connectivity index (χ4v) is 3.13. The normalized spacial score (nSPS) is 33.1. The summed E-state index contributed by atoms with van der Waals surface area (Å²) < 4.78 is 10.8. The molecular formula is C20H24O7. The lowest BCUT2D eigenvalue weighted by Gasteiger charge is -2.31. The zero-order chi connectivity index (χ0) is 20.3. The standard InChI is InChI=1S/C20H24O7/c1-5-11(3)19(24)27-17-15-12(4)20(25)26-14(15)9-10(2)7-6-8-13(16(17)21)18(22)23/h5,8-9,14-17,21H,4,6-7H2,1-3H3,(H,22,23)/b10-9-,11-5+,13-8-/t14-,15+,16-,17-/m0/s1. The number of aliphatic carboxylic acids is 1. The first-order chi connectivity index (χ1) is 12.7. The highest BCUT2D eigenvalue weighted by molar-refractivity contribution is 5.92.